The molecule has 0 radical (unpaired) electrons. The number of nitriles is 1. The molecule has 1 aliphatic carbocycles. The molecule has 90 valence electrons. The first kappa shape index (κ1) is 11.8. The third-order valence-electron chi connectivity index (χ3n) is 3.31. The van der Waals surface area contributed by atoms with Crippen LogP contribution in [-0.4, -0.2) is 55.1 Å². The Hall–Kier alpha value is -0.640. The lowest BCUT2D eigenvalue weighted by Crippen LogP contribution is -2.51. The van der Waals surface area contributed by atoms with Gasteiger partial charge in [-0.2, -0.15) is 9.57 Å². The first-order valence-electron chi connectivity index (χ1n) is 5.68. The first-order chi connectivity index (χ1) is 7.55. The molecule has 0 aromatic rings. The van der Waals surface area contributed by atoms with Crippen LogP contribution in [0.1, 0.15) is 19.8 Å². The van der Waals surface area contributed by atoms with Crippen LogP contribution in [0.5, 0.6) is 0 Å². The van der Waals surface area contributed by atoms with E-state index in [9.17, 15) is 8.42 Å². The van der Waals surface area contributed by atoms with Crippen LogP contribution >= 0.6 is 0 Å². The summed E-state index contributed by atoms with van der Waals surface area (Å²) in [5, 5.41) is 8.67. The van der Waals surface area contributed by atoms with Crippen LogP contribution < -0.4 is 0 Å². The molecular formula is C10H17N3O2S. The lowest BCUT2D eigenvalue weighted by atomic mass is 10.2. The van der Waals surface area contributed by atoms with Gasteiger partial charge in [0.25, 0.3) is 0 Å². The molecule has 1 atom stereocenters. The fourth-order valence-corrected chi connectivity index (χ4v) is 3.83. The van der Waals surface area contributed by atoms with Crippen LogP contribution in [0.3, 0.4) is 0 Å². The molecule has 0 aromatic heterocycles. The monoisotopic (exact) mass is 243 g/mol. The van der Waals surface area contributed by atoms with Crippen molar-refractivity contribution in [1.82, 2.24) is 9.21 Å². The van der Waals surface area contributed by atoms with Gasteiger partial charge >= 0.3 is 0 Å². The van der Waals surface area contributed by atoms with Crippen LogP contribution in [0.15, 0.2) is 0 Å². The van der Waals surface area contributed by atoms with Crippen molar-refractivity contribution in [2.45, 2.75) is 31.1 Å². The van der Waals surface area contributed by atoms with E-state index in [2.05, 4.69) is 6.07 Å². The summed E-state index contributed by atoms with van der Waals surface area (Å²) >= 11 is 0. The number of piperazine rings is 1. The zero-order valence-corrected chi connectivity index (χ0v) is 10.3. The SMILES string of the molecule is CC(C#N)N1CCN(S(=O)(=O)C2CC2)CC1. The molecule has 6 heteroatoms. The molecule has 0 aromatic carbocycles. The Morgan fingerprint density at radius 3 is 2.25 bits per heavy atom. The minimum atomic E-state index is -3.02. The second-order valence-corrected chi connectivity index (χ2v) is 6.70. The number of hydrogen-bond acceptors (Lipinski definition) is 4. The van der Waals surface area contributed by atoms with Gasteiger partial charge in [-0.3, -0.25) is 4.90 Å². The molecule has 1 unspecified atom stereocenters. The Labute approximate surface area is 96.7 Å². The summed E-state index contributed by atoms with van der Waals surface area (Å²) in [5.74, 6) is 0. The molecule has 5 nitrogen and oxygen atoms in total. The Balaban J connectivity index is 1.93. The van der Waals surface area contributed by atoms with Crippen LogP contribution in [0.25, 0.3) is 0 Å². The molecule has 2 aliphatic rings. The van der Waals surface area contributed by atoms with E-state index >= 15 is 0 Å². The number of sulfonamides is 1. The van der Waals surface area contributed by atoms with E-state index in [1.165, 1.54) is 0 Å². The van der Waals surface area contributed by atoms with E-state index in [-0.39, 0.29) is 11.3 Å². The third kappa shape index (κ3) is 2.21. The molecule has 1 aliphatic heterocycles. The Morgan fingerprint density at radius 1 is 1.25 bits per heavy atom. The summed E-state index contributed by atoms with van der Waals surface area (Å²) in [6.07, 6.45) is 1.63. The fourth-order valence-electron chi connectivity index (χ4n) is 2.00. The van der Waals surface area contributed by atoms with Gasteiger partial charge in [0.2, 0.25) is 10.0 Å². The van der Waals surface area contributed by atoms with Gasteiger partial charge in [0.1, 0.15) is 0 Å². The van der Waals surface area contributed by atoms with Gasteiger partial charge in [0, 0.05) is 26.2 Å². The third-order valence-corrected chi connectivity index (χ3v) is 5.71. The van der Waals surface area contributed by atoms with Crippen LogP contribution in [0.4, 0.5) is 0 Å². The highest BCUT2D eigenvalue weighted by atomic mass is 32.2. The zero-order chi connectivity index (χ0) is 11.8. The van der Waals surface area contributed by atoms with Crippen molar-refractivity contribution < 1.29 is 8.42 Å². The van der Waals surface area contributed by atoms with Gasteiger partial charge in [-0.25, -0.2) is 8.42 Å². The normalized spacial score (nSPS) is 26.2. The molecule has 0 spiro atoms. The number of hydrogen-bond donors (Lipinski definition) is 0. The lowest BCUT2D eigenvalue weighted by molar-refractivity contribution is 0.169. The Morgan fingerprint density at radius 2 is 1.81 bits per heavy atom. The van der Waals surface area contributed by atoms with Gasteiger partial charge in [0.05, 0.1) is 17.4 Å². The van der Waals surface area contributed by atoms with Crippen LogP contribution in [0, 0.1) is 11.3 Å². The Bertz CT molecular complexity index is 389. The highest BCUT2D eigenvalue weighted by molar-refractivity contribution is 7.90. The van der Waals surface area contributed by atoms with Crippen molar-refractivity contribution >= 4 is 10.0 Å². The molecule has 0 N–H and O–H groups in total. The molecule has 0 amide bonds. The van der Waals surface area contributed by atoms with E-state index in [1.54, 1.807) is 4.31 Å². The van der Waals surface area contributed by atoms with Crippen molar-refractivity contribution in [2.24, 2.45) is 0 Å². The maximum Gasteiger partial charge on any atom is 0.217 e. The maximum atomic E-state index is 11.9. The largest absolute Gasteiger partial charge is 0.286 e. The summed E-state index contributed by atoms with van der Waals surface area (Å²) in [7, 11) is -3.02. The number of nitrogens with zero attached hydrogens (tertiary/aromatic N) is 3. The predicted octanol–water partition coefficient (Wildman–Crippen LogP) is 0.00828. The van der Waals surface area contributed by atoms with E-state index in [4.69, 9.17) is 5.26 Å². The topological polar surface area (TPSA) is 64.4 Å². The van der Waals surface area contributed by atoms with E-state index in [0.29, 0.717) is 26.2 Å². The predicted molar refractivity (Wildman–Crippen MR) is 60.2 cm³/mol. The molecule has 1 saturated carbocycles. The van der Waals surface area contributed by atoms with Gasteiger partial charge in [-0.15, -0.1) is 0 Å². The van der Waals surface area contributed by atoms with Crippen LogP contribution in [-0.2, 0) is 10.0 Å². The van der Waals surface area contributed by atoms with Crippen molar-refractivity contribution in [1.29, 1.82) is 5.26 Å². The molecule has 16 heavy (non-hydrogen) atoms. The first-order valence-corrected chi connectivity index (χ1v) is 7.18. The minimum Gasteiger partial charge on any atom is -0.286 e. The summed E-state index contributed by atoms with van der Waals surface area (Å²) in [6, 6.07) is 2.06. The van der Waals surface area contributed by atoms with E-state index < -0.39 is 10.0 Å². The second kappa shape index (κ2) is 4.32. The minimum absolute atomic E-state index is 0.118. The molecule has 2 rings (SSSR count). The molecular weight excluding hydrogens is 226 g/mol. The number of rotatable bonds is 3. The summed E-state index contributed by atoms with van der Waals surface area (Å²) < 4.78 is 25.5. The summed E-state index contributed by atoms with van der Waals surface area (Å²) in [4.78, 5) is 2.03. The average Bonchev–Trinajstić information content (AvgIpc) is 3.12. The highest BCUT2D eigenvalue weighted by Gasteiger charge is 2.41. The van der Waals surface area contributed by atoms with Crippen molar-refractivity contribution in [3.8, 4) is 6.07 Å². The average molecular weight is 243 g/mol. The summed E-state index contributed by atoms with van der Waals surface area (Å²) in [6.45, 7) is 4.25. The van der Waals surface area contributed by atoms with Gasteiger partial charge in [-0.05, 0) is 19.8 Å². The quantitative estimate of drug-likeness (QED) is 0.700. The fraction of sp³-hybridized carbons (Fsp3) is 0.900. The van der Waals surface area contributed by atoms with Gasteiger partial charge < -0.3 is 0 Å². The standard InChI is InChI=1S/C10H17N3O2S/c1-9(8-11)12-4-6-13(7-5-12)16(14,15)10-2-3-10/h9-10H,2-7H2,1H3. The van der Waals surface area contributed by atoms with Crippen molar-refractivity contribution in [3.63, 3.8) is 0 Å². The second-order valence-electron chi connectivity index (χ2n) is 4.48. The van der Waals surface area contributed by atoms with E-state index in [1.807, 2.05) is 11.8 Å². The molecule has 1 saturated heterocycles. The maximum absolute atomic E-state index is 11.9. The lowest BCUT2D eigenvalue weighted by Gasteiger charge is -2.35. The highest BCUT2D eigenvalue weighted by Crippen LogP contribution is 2.31. The van der Waals surface area contributed by atoms with E-state index in [0.717, 1.165) is 12.8 Å². The van der Waals surface area contributed by atoms with Gasteiger partial charge in [-0.1, -0.05) is 0 Å². The van der Waals surface area contributed by atoms with Crippen molar-refractivity contribution in [3.05, 3.63) is 0 Å². The van der Waals surface area contributed by atoms with Crippen LogP contribution in [0.2, 0.25) is 0 Å². The van der Waals surface area contributed by atoms with Crippen molar-refractivity contribution in [2.75, 3.05) is 26.2 Å². The smallest absolute Gasteiger partial charge is 0.217 e. The molecule has 2 fully saturated rings. The molecule has 0 bridgehead atoms. The molecule has 1 heterocycles. The van der Waals surface area contributed by atoms with Gasteiger partial charge in [0.15, 0.2) is 0 Å². The zero-order valence-electron chi connectivity index (χ0n) is 9.46. The summed E-state index contributed by atoms with van der Waals surface area (Å²) in [5.41, 5.74) is 0. The Kier molecular flexibility index (Phi) is 3.19.